The van der Waals surface area contributed by atoms with E-state index in [1.165, 1.54) is 18.3 Å². The minimum Gasteiger partial charge on any atom is -0.455 e. The van der Waals surface area contributed by atoms with Crippen LogP contribution >= 0.6 is 23.2 Å². The number of nitriles is 1. The van der Waals surface area contributed by atoms with Crippen LogP contribution in [-0.2, 0) is 0 Å². The van der Waals surface area contributed by atoms with Gasteiger partial charge in [-0.25, -0.2) is 9.82 Å². The Balaban J connectivity index is 1.70. The van der Waals surface area contributed by atoms with E-state index in [9.17, 15) is 9.18 Å². The molecule has 0 aliphatic carbocycles. The lowest BCUT2D eigenvalue weighted by Gasteiger charge is -2.01. The first kappa shape index (κ1) is 18.6. The van der Waals surface area contributed by atoms with Gasteiger partial charge >= 0.3 is 0 Å². The van der Waals surface area contributed by atoms with Crippen molar-refractivity contribution in [3.05, 3.63) is 81.3 Å². The zero-order valence-electron chi connectivity index (χ0n) is 13.5. The number of furan rings is 1. The summed E-state index contributed by atoms with van der Waals surface area (Å²) >= 11 is 12.0. The molecule has 0 saturated heterocycles. The standard InChI is InChI=1S/C19H10Cl2FN3O2/c20-12-2-5-14(16(21)8-12)18-6-3-13(27-18)10-24-25-19(26)15-4-1-11(9-23)7-17(15)22/h1-8,10H,(H,25,26)/b24-10+. The Morgan fingerprint density at radius 3 is 2.70 bits per heavy atom. The molecule has 2 aromatic carbocycles. The molecule has 0 bridgehead atoms. The van der Waals surface area contributed by atoms with Crippen molar-refractivity contribution in [3.8, 4) is 17.4 Å². The first-order valence-electron chi connectivity index (χ1n) is 7.56. The van der Waals surface area contributed by atoms with Gasteiger partial charge < -0.3 is 4.42 Å². The van der Waals surface area contributed by atoms with E-state index in [0.29, 0.717) is 27.1 Å². The van der Waals surface area contributed by atoms with Crippen LogP contribution in [0, 0.1) is 17.1 Å². The fraction of sp³-hybridized carbons (Fsp3) is 0. The molecular weight excluding hydrogens is 392 g/mol. The summed E-state index contributed by atoms with van der Waals surface area (Å²) in [6.45, 7) is 0. The van der Waals surface area contributed by atoms with E-state index in [1.807, 2.05) is 0 Å². The summed E-state index contributed by atoms with van der Waals surface area (Å²) in [6.07, 6.45) is 1.27. The molecule has 0 radical (unpaired) electrons. The van der Waals surface area contributed by atoms with Gasteiger partial charge in [-0.3, -0.25) is 4.79 Å². The van der Waals surface area contributed by atoms with Crippen LogP contribution in [0.5, 0.6) is 0 Å². The van der Waals surface area contributed by atoms with Gasteiger partial charge in [-0.05, 0) is 48.5 Å². The Bertz CT molecular complexity index is 1090. The number of nitrogens with one attached hydrogen (secondary N) is 1. The summed E-state index contributed by atoms with van der Waals surface area (Å²) < 4.78 is 19.4. The van der Waals surface area contributed by atoms with Crippen molar-refractivity contribution in [1.82, 2.24) is 5.43 Å². The highest BCUT2D eigenvalue weighted by Gasteiger charge is 2.12. The van der Waals surface area contributed by atoms with Gasteiger partial charge in [0, 0.05) is 10.6 Å². The highest BCUT2D eigenvalue weighted by molar-refractivity contribution is 6.36. The average molecular weight is 402 g/mol. The second-order valence-electron chi connectivity index (χ2n) is 5.33. The van der Waals surface area contributed by atoms with Gasteiger partial charge in [0.2, 0.25) is 0 Å². The van der Waals surface area contributed by atoms with Crippen LogP contribution in [0.25, 0.3) is 11.3 Å². The van der Waals surface area contributed by atoms with Crippen LogP contribution < -0.4 is 5.43 Å². The van der Waals surface area contributed by atoms with E-state index in [-0.39, 0.29) is 11.1 Å². The number of hydrogen-bond acceptors (Lipinski definition) is 4. The maximum absolute atomic E-state index is 13.8. The van der Waals surface area contributed by atoms with Crippen LogP contribution in [-0.4, -0.2) is 12.1 Å². The first-order chi connectivity index (χ1) is 13.0. The number of nitrogens with zero attached hydrogens (tertiary/aromatic N) is 2. The number of halogens is 3. The quantitative estimate of drug-likeness (QED) is 0.491. The van der Waals surface area contributed by atoms with Crippen LogP contribution in [0.2, 0.25) is 10.0 Å². The van der Waals surface area contributed by atoms with Crippen molar-refractivity contribution in [2.45, 2.75) is 0 Å². The number of rotatable bonds is 4. The summed E-state index contributed by atoms with van der Waals surface area (Å²) in [5, 5.41) is 13.4. The molecule has 3 aromatic rings. The predicted octanol–water partition coefficient (Wildman–Crippen LogP) is 5.03. The fourth-order valence-electron chi connectivity index (χ4n) is 2.24. The zero-order valence-corrected chi connectivity index (χ0v) is 15.1. The van der Waals surface area contributed by atoms with Crippen molar-refractivity contribution in [2.24, 2.45) is 5.10 Å². The predicted molar refractivity (Wildman–Crippen MR) is 100 cm³/mol. The molecule has 27 heavy (non-hydrogen) atoms. The number of hydrogen-bond donors (Lipinski definition) is 1. The van der Waals surface area contributed by atoms with Gasteiger partial charge in [-0.1, -0.05) is 23.2 Å². The van der Waals surface area contributed by atoms with Crippen molar-refractivity contribution in [1.29, 1.82) is 5.26 Å². The summed E-state index contributed by atoms with van der Waals surface area (Å²) in [4.78, 5) is 12.0. The third kappa shape index (κ3) is 4.34. The minimum absolute atomic E-state index is 0.122. The van der Waals surface area contributed by atoms with Crippen molar-refractivity contribution >= 4 is 35.3 Å². The molecule has 1 aromatic heterocycles. The Hall–Kier alpha value is -3.14. The number of amides is 1. The summed E-state index contributed by atoms with van der Waals surface area (Å²) in [5.74, 6) is -0.695. The third-order valence-electron chi connectivity index (χ3n) is 3.52. The van der Waals surface area contributed by atoms with Gasteiger partial charge in [0.05, 0.1) is 28.4 Å². The molecule has 1 heterocycles. The lowest BCUT2D eigenvalue weighted by Crippen LogP contribution is -2.19. The SMILES string of the molecule is N#Cc1ccc(C(=O)N/N=C/c2ccc(-c3ccc(Cl)cc3Cl)o2)c(F)c1. The Morgan fingerprint density at radius 2 is 2.00 bits per heavy atom. The monoisotopic (exact) mass is 401 g/mol. The molecular formula is C19H10Cl2FN3O2. The topological polar surface area (TPSA) is 78.4 Å². The Morgan fingerprint density at radius 1 is 1.19 bits per heavy atom. The van der Waals surface area contributed by atoms with Gasteiger partial charge in [0.25, 0.3) is 5.91 Å². The molecule has 134 valence electrons. The Kier molecular flexibility index (Phi) is 5.55. The maximum Gasteiger partial charge on any atom is 0.274 e. The van der Waals surface area contributed by atoms with Crippen LogP contribution in [0.15, 0.2) is 58.0 Å². The van der Waals surface area contributed by atoms with Crippen LogP contribution in [0.1, 0.15) is 21.7 Å². The van der Waals surface area contributed by atoms with E-state index in [1.54, 1.807) is 36.4 Å². The lowest BCUT2D eigenvalue weighted by molar-refractivity contribution is 0.0951. The molecule has 0 spiro atoms. The molecule has 5 nitrogen and oxygen atoms in total. The molecule has 1 amide bonds. The Labute approximate surface area is 163 Å². The fourth-order valence-corrected chi connectivity index (χ4v) is 2.74. The van der Waals surface area contributed by atoms with E-state index in [4.69, 9.17) is 32.9 Å². The third-order valence-corrected chi connectivity index (χ3v) is 4.07. The summed E-state index contributed by atoms with van der Waals surface area (Å²) in [6, 6.07) is 13.7. The van der Waals surface area contributed by atoms with E-state index in [0.717, 1.165) is 6.07 Å². The molecule has 0 aliphatic heterocycles. The maximum atomic E-state index is 13.8. The lowest BCUT2D eigenvalue weighted by atomic mass is 10.1. The molecule has 0 aliphatic rings. The van der Waals surface area contributed by atoms with Gasteiger partial charge in [0.15, 0.2) is 0 Å². The van der Waals surface area contributed by atoms with Crippen molar-refractivity contribution in [2.75, 3.05) is 0 Å². The molecule has 8 heteroatoms. The molecule has 1 N–H and O–H groups in total. The number of carbonyl (C=O) groups is 1. The summed E-state index contributed by atoms with van der Waals surface area (Å²) in [7, 11) is 0. The molecule has 3 rings (SSSR count). The average Bonchev–Trinajstić information content (AvgIpc) is 3.10. The van der Waals surface area contributed by atoms with E-state index < -0.39 is 11.7 Å². The van der Waals surface area contributed by atoms with Crippen LogP contribution in [0.4, 0.5) is 4.39 Å². The van der Waals surface area contributed by atoms with Crippen molar-refractivity contribution in [3.63, 3.8) is 0 Å². The van der Waals surface area contributed by atoms with Crippen molar-refractivity contribution < 1.29 is 13.6 Å². The van der Waals surface area contributed by atoms with Crippen LogP contribution in [0.3, 0.4) is 0 Å². The highest BCUT2D eigenvalue weighted by Crippen LogP contribution is 2.31. The second-order valence-corrected chi connectivity index (χ2v) is 6.18. The molecule has 0 unspecified atom stereocenters. The zero-order chi connectivity index (χ0) is 19.4. The first-order valence-corrected chi connectivity index (χ1v) is 8.32. The second kappa shape index (κ2) is 8.04. The number of hydrazone groups is 1. The summed E-state index contributed by atoms with van der Waals surface area (Å²) in [5.41, 5.74) is 2.75. The number of carbonyl (C=O) groups excluding carboxylic acids is 1. The smallest absolute Gasteiger partial charge is 0.274 e. The highest BCUT2D eigenvalue weighted by atomic mass is 35.5. The van der Waals surface area contributed by atoms with E-state index >= 15 is 0 Å². The largest absolute Gasteiger partial charge is 0.455 e. The number of benzene rings is 2. The van der Waals surface area contributed by atoms with Gasteiger partial charge in [-0.2, -0.15) is 10.4 Å². The molecule has 0 saturated carbocycles. The van der Waals surface area contributed by atoms with Gasteiger partial charge in [0.1, 0.15) is 17.3 Å². The van der Waals surface area contributed by atoms with E-state index in [2.05, 4.69) is 10.5 Å². The molecule has 0 fully saturated rings. The molecule has 0 atom stereocenters. The minimum atomic E-state index is -0.806. The van der Waals surface area contributed by atoms with Gasteiger partial charge in [-0.15, -0.1) is 0 Å². The normalized spacial score (nSPS) is 10.7.